The number of hydrogen-bond acceptors (Lipinski definition) is 8. The Morgan fingerprint density at radius 1 is 1.32 bits per heavy atom. The SMILES string of the molecule is CCC(C)C(=O)O[C@@H]1CCN2CC=C(COC(=O)[C@@](O)([C@H](C)O)C(C)(C)O)[C@H]12. The van der Waals surface area contributed by atoms with E-state index < -0.39 is 23.3 Å². The predicted octanol–water partition coefficient (Wildman–Crippen LogP) is 0.385. The first-order chi connectivity index (χ1) is 12.9. The lowest BCUT2D eigenvalue weighted by Gasteiger charge is -2.38. The number of aliphatic hydroxyl groups is 3. The van der Waals surface area contributed by atoms with Crippen molar-refractivity contribution in [1.82, 2.24) is 4.90 Å². The fourth-order valence-corrected chi connectivity index (χ4v) is 3.75. The molecule has 0 aromatic rings. The molecule has 160 valence electrons. The van der Waals surface area contributed by atoms with Crippen molar-refractivity contribution in [2.24, 2.45) is 5.92 Å². The van der Waals surface area contributed by atoms with Crippen LogP contribution in [0.25, 0.3) is 0 Å². The maximum absolute atomic E-state index is 12.5. The van der Waals surface area contributed by atoms with Crippen LogP contribution in [0.4, 0.5) is 0 Å². The molecule has 0 aromatic heterocycles. The third-order valence-corrected chi connectivity index (χ3v) is 5.92. The van der Waals surface area contributed by atoms with Gasteiger partial charge in [-0.25, -0.2) is 4.79 Å². The Bertz CT molecular complexity index is 625. The summed E-state index contributed by atoms with van der Waals surface area (Å²) in [6.07, 6.45) is 1.50. The summed E-state index contributed by atoms with van der Waals surface area (Å²) in [7, 11) is 0. The number of rotatable bonds is 8. The molecule has 0 aromatic carbocycles. The van der Waals surface area contributed by atoms with E-state index in [-0.39, 0.29) is 30.6 Å². The van der Waals surface area contributed by atoms with Crippen LogP contribution in [-0.4, -0.2) is 81.3 Å². The van der Waals surface area contributed by atoms with E-state index in [9.17, 15) is 24.9 Å². The number of aliphatic hydroxyl groups excluding tert-OH is 1. The number of carbonyl (C=O) groups is 2. The summed E-state index contributed by atoms with van der Waals surface area (Å²) in [5, 5.41) is 30.5. The van der Waals surface area contributed by atoms with Gasteiger partial charge in [-0.15, -0.1) is 0 Å². The summed E-state index contributed by atoms with van der Waals surface area (Å²) >= 11 is 0. The first-order valence-corrected chi connectivity index (χ1v) is 9.87. The normalized spacial score (nSPS) is 26.8. The van der Waals surface area contributed by atoms with Gasteiger partial charge in [-0.1, -0.05) is 19.9 Å². The third-order valence-electron chi connectivity index (χ3n) is 5.92. The van der Waals surface area contributed by atoms with Crippen molar-refractivity contribution >= 4 is 11.9 Å². The zero-order valence-corrected chi connectivity index (χ0v) is 17.3. The lowest BCUT2D eigenvalue weighted by atomic mass is 9.81. The van der Waals surface area contributed by atoms with Crippen LogP contribution < -0.4 is 0 Å². The summed E-state index contributed by atoms with van der Waals surface area (Å²) in [4.78, 5) is 26.8. The second kappa shape index (κ2) is 8.49. The van der Waals surface area contributed by atoms with E-state index in [2.05, 4.69) is 4.90 Å². The molecule has 1 saturated heterocycles. The predicted molar refractivity (Wildman–Crippen MR) is 101 cm³/mol. The molecule has 0 saturated carbocycles. The van der Waals surface area contributed by atoms with Crippen LogP contribution in [0.3, 0.4) is 0 Å². The highest BCUT2D eigenvalue weighted by molar-refractivity contribution is 5.82. The minimum absolute atomic E-state index is 0.109. The number of nitrogens with zero attached hydrogens (tertiary/aromatic N) is 1. The average Bonchev–Trinajstić information content (AvgIpc) is 3.20. The summed E-state index contributed by atoms with van der Waals surface area (Å²) in [5.41, 5.74) is -3.56. The standard InChI is InChI=1S/C20H33NO7/c1-6-12(2)17(23)28-15-8-10-21-9-7-14(16(15)21)11-27-18(24)20(26,13(3)22)19(4,5)25/h7,12-13,15-16,22,25-26H,6,8-11H2,1-5H3/t12?,13-,15+,16+,20-/m0/s1. The third kappa shape index (κ3) is 4.25. The van der Waals surface area contributed by atoms with Crippen LogP contribution >= 0.6 is 0 Å². The van der Waals surface area contributed by atoms with Crippen molar-refractivity contribution in [3.63, 3.8) is 0 Å². The summed E-state index contributed by atoms with van der Waals surface area (Å²) in [5.74, 6) is -1.50. The maximum atomic E-state index is 12.5. The molecule has 0 aliphatic carbocycles. The molecule has 0 amide bonds. The van der Waals surface area contributed by atoms with E-state index in [1.807, 2.05) is 19.9 Å². The molecule has 8 nitrogen and oxygen atoms in total. The Balaban J connectivity index is 2.04. The van der Waals surface area contributed by atoms with Gasteiger partial charge in [0.25, 0.3) is 0 Å². The van der Waals surface area contributed by atoms with Crippen LogP contribution in [0.5, 0.6) is 0 Å². The highest BCUT2D eigenvalue weighted by Crippen LogP contribution is 2.33. The van der Waals surface area contributed by atoms with Crippen molar-refractivity contribution in [3.05, 3.63) is 11.6 Å². The first kappa shape index (κ1) is 22.8. The van der Waals surface area contributed by atoms with Crippen LogP contribution in [0.15, 0.2) is 11.6 Å². The van der Waals surface area contributed by atoms with E-state index in [4.69, 9.17) is 9.47 Å². The fourth-order valence-electron chi connectivity index (χ4n) is 3.75. The van der Waals surface area contributed by atoms with Gasteiger partial charge in [-0.2, -0.15) is 0 Å². The Morgan fingerprint density at radius 3 is 2.50 bits per heavy atom. The minimum Gasteiger partial charge on any atom is -0.460 e. The number of fused-ring (bicyclic) bond motifs is 1. The Labute approximate surface area is 166 Å². The van der Waals surface area contributed by atoms with Gasteiger partial charge >= 0.3 is 11.9 Å². The Morgan fingerprint density at radius 2 is 1.96 bits per heavy atom. The van der Waals surface area contributed by atoms with Crippen LogP contribution in [0, 0.1) is 5.92 Å². The lowest BCUT2D eigenvalue weighted by molar-refractivity contribution is -0.213. The molecule has 0 spiro atoms. The van der Waals surface area contributed by atoms with Crippen LogP contribution in [-0.2, 0) is 19.1 Å². The number of ether oxygens (including phenoxy) is 2. The van der Waals surface area contributed by atoms with Gasteiger partial charge in [0, 0.05) is 13.1 Å². The van der Waals surface area contributed by atoms with Crippen molar-refractivity contribution < 1.29 is 34.4 Å². The van der Waals surface area contributed by atoms with Crippen molar-refractivity contribution in [3.8, 4) is 0 Å². The van der Waals surface area contributed by atoms with Crippen LogP contribution in [0.1, 0.15) is 47.5 Å². The number of esters is 2. The molecule has 2 aliphatic heterocycles. The van der Waals surface area contributed by atoms with Crippen molar-refractivity contribution in [1.29, 1.82) is 0 Å². The molecule has 1 unspecified atom stereocenters. The largest absolute Gasteiger partial charge is 0.460 e. The number of carbonyl (C=O) groups excluding carboxylic acids is 2. The molecule has 0 bridgehead atoms. The molecule has 3 N–H and O–H groups in total. The molecule has 2 aliphatic rings. The maximum Gasteiger partial charge on any atom is 0.344 e. The number of hydrogen-bond donors (Lipinski definition) is 3. The van der Waals surface area contributed by atoms with Crippen molar-refractivity contribution in [2.45, 2.75) is 76.9 Å². The first-order valence-electron chi connectivity index (χ1n) is 9.87. The van der Waals surface area contributed by atoms with Gasteiger partial charge in [0.1, 0.15) is 18.3 Å². The highest BCUT2D eigenvalue weighted by Gasteiger charge is 2.54. The molecule has 5 atom stereocenters. The molecular formula is C20H33NO7. The fraction of sp³-hybridized carbons (Fsp3) is 0.800. The van der Waals surface area contributed by atoms with Gasteiger partial charge in [0.15, 0.2) is 0 Å². The summed E-state index contributed by atoms with van der Waals surface area (Å²) < 4.78 is 10.9. The van der Waals surface area contributed by atoms with E-state index in [0.717, 1.165) is 12.1 Å². The zero-order valence-electron chi connectivity index (χ0n) is 17.3. The second-order valence-electron chi connectivity index (χ2n) is 8.37. The smallest absolute Gasteiger partial charge is 0.344 e. The van der Waals surface area contributed by atoms with Gasteiger partial charge in [-0.05, 0) is 39.2 Å². The molecule has 8 heteroatoms. The van der Waals surface area contributed by atoms with E-state index in [1.54, 1.807) is 0 Å². The van der Waals surface area contributed by atoms with E-state index >= 15 is 0 Å². The topological polar surface area (TPSA) is 117 Å². The van der Waals surface area contributed by atoms with Crippen molar-refractivity contribution in [2.75, 3.05) is 19.7 Å². The Hall–Kier alpha value is -1.48. The van der Waals surface area contributed by atoms with E-state index in [0.29, 0.717) is 19.4 Å². The lowest BCUT2D eigenvalue weighted by Crippen LogP contribution is -2.63. The molecular weight excluding hydrogens is 366 g/mol. The average molecular weight is 399 g/mol. The van der Waals surface area contributed by atoms with Gasteiger partial charge < -0.3 is 24.8 Å². The van der Waals surface area contributed by atoms with Gasteiger partial charge in [0.05, 0.1) is 18.1 Å². The molecule has 1 fully saturated rings. The molecule has 2 rings (SSSR count). The van der Waals surface area contributed by atoms with Crippen LogP contribution in [0.2, 0.25) is 0 Å². The molecule has 2 heterocycles. The second-order valence-corrected chi connectivity index (χ2v) is 8.37. The highest BCUT2D eigenvalue weighted by atomic mass is 16.6. The quantitative estimate of drug-likeness (QED) is 0.396. The van der Waals surface area contributed by atoms with E-state index in [1.165, 1.54) is 20.8 Å². The summed E-state index contributed by atoms with van der Waals surface area (Å²) in [6.45, 7) is 8.78. The molecule has 28 heavy (non-hydrogen) atoms. The zero-order chi connectivity index (χ0) is 21.3. The molecule has 0 radical (unpaired) electrons. The van der Waals surface area contributed by atoms with Gasteiger partial charge in [0.2, 0.25) is 5.60 Å². The minimum atomic E-state index is -2.45. The summed E-state index contributed by atoms with van der Waals surface area (Å²) in [6, 6.07) is -0.164. The monoisotopic (exact) mass is 399 g/mol. The van der Waals surface area contributed by atoms with Gasteiger partial charge in [-0.3, -0.25) is 9.69 Å². The Kier molecular flexibility index (Phi) is 6.91.